The summed E-state index contributed by atoms with van der Waals surface area (Å²) < 4.78 is 0. The second-order valence-electron chi connectivity index (χ2n) is 5.66. The molecule has 102 valence electrons. The van der Waals surface area contributed by atoms with Gasteiger partial charge in [-0.2, -0.15) is 0 Å². The molecule has 0 bridgehead atoms. The molecule has 0 aromatic carbocycles. The Morgan fingerprint density at radius 1 is 1.33 bits per heavy atom. The first kappa shape index (κ1) is 13.5. The number of nitrogens with zero attached hydrogens (tertiary/aromatic N) is 1. The number of hydrogen-bond donors (Lipinski definition) is 1. The largest absolute Gasteiger partial charge is 0.316 e. The van der Waals surface area contributed by atoms with Gasteiger partial charge in [0, 0.05) is 13.0 Å². The lowest BCUT2D eigenvalue weighted by Crippen LogP contribution is -2.36. The van der Waals surface area contributed by atoms with Gasteiger partial charge in [0.25, 0.3) is 0 Å². The number of carbonyl (C=O) groups is 2. The van der Waals surface area contributed by atoms with Gasteiger partial charge in [-0.15, -0.1) is 0 Å². The molecule has 0 saturated carbocycles. The van der Waals surface area contributed by atoms with Gasteiger partial charge in [0.05, 0.1) is 5.41 Å². The summed E-state index contributed by atoms with van der Waals surface area (Å²) in [5, 5.41) is 3.32. The second kappa shape index (κ2) is 5.39. The Morgan fingerprint density at radius 2 is 2.06 bits per heavy atom. The molecule has 4 heteroatoms. The summed E-state index contributed by atoms with van der Waals surface area (Å²) in [5.41, 5.74) is -0.398. The number of carbonyl (C=O) groups excluding carboxylic acids is 2. The lowest BCUT2D eigenvalue weighted by Gasteiger charge is -2.24. The first-order valence-corrected chi connectivity index (χ1v) is 7.18. The summed E-state index contributed by atoms with van der Waals surface area (Å²) in [4.78, 5) is 25.9. The van der Waals surface area contributed by atoms with E-state index >= 15 is 0 Å². The van der Waals surface area contributed by atoms with Gasteiger partial charge in [-0.05, 0) is 44.7 Å². The summed E-state index contributed by atoms with van der Waals surface area (Å²) in [5.74, 6) is 0.738. The maximum Gasteiger partial charge on any atom is 0.235 e. The van der Waals surface area contributed by atoms with E-state index in [-0.39, 0.29) is 11.8 Å². The lowest BCUT2D eigenvalue weighted by atomic mass is 9.81. The van der Waals surface area contributed by atoms with Crippen molar-refractivity contribution < 1.29 is 9.59 Å². The highest BCUT2D eigenvalue weighted by Crippen LogP contribution is 2.39. The van der Waals surface area contributed by atoms with Crippen LogP contribution in [0.2, 0.25) is 0 Å². The van der Waals surface area contributed by atoms with E-state index in [9.17, 15) is 9.59 Å². The standard InChI is InChI=1S/C14H24N2O2/c1-3-14(4-2)9-12(17)16(13(14)18)8-6-11-5-7-15-10-11/h11,15H,3-10H2,1-2H3. The Balaban J connectivity index is 1.96. The predicted molar refractivity (Wildman–Crippen MR) is 69.9 cm³/mol. The molecule has 2 heterocycles. The summed E-state index contributed by atoms with van der Waals surface area (Å²) in [6.45, 7) is 6.74. The molecule has 2 amide bonds. The molecular formula is C14H24N2O2. The van der Waals surface area contributed by atoms with Crippen LogP contribution in [0, 0.1) is 11.3 Å². The van der Waals surface area contributed by atoms with Crippen LogP contribution < -0.4 is 5.32 Å². The first-order valence-electron chi connectivity index (χ1n) is 7.18. The minimum atomic E-state index is -0.398. The molecule has 2 aliphatic rings. The third kappa shape index (κ3) is 2.30. The van der Waals surface area contributed by atoms with Crippen molar-refractivity contribution in [1.29, 1.82) is 0 Å². The van der Waals surface area contributed by atoms with Gasteiger partial charge in [0.15, 0.2) is 0 Å². The molecule has 0 aliphatic carbocycles. The van der Waals surface area contributed by atoms with Gasteiger partial charge in [0.1, 0.15) is 0 Å². The van der Waals surface area contributed by atoms with Gasteiger partial charge >= 0.3 is 0 Å². The van der Waals surface area contributed by atoms with E-state index in [0.29, 0.717) is 18.9 Å². The number of amides is 2. The van der Waals surface area contributed by atoms with Crippen molar-refractivity contribution in [1.82, 2.24) is 10.2 Å². The van der Waals surface area contributed by atoms with Gasteiger partial charge in [-0.3, -0.25) is 14.5 Å². The minimum Gasteiger partial charge on any atom is -0.316 e. The fourth-order valence-corrected chi connectivity index (χ4v) is 3.16. The zero-order valence-electron chi connectivity index (χ0n) is 11.5. The average molecular weight is 252 g/mol. The zero-order chi connectivity index (χ0) is 13.2. The van der Waals surface area contributed by atoms with Crippen LogP contribution in [0.3, 0.4) is 0 Å². The molecule has 1 N–H and O–H groups in total. The van der Waals surface area contributed by atoms with E-state index in [0.717, 1.165) is 32.4 Å². The van der Waals surface area contributed by atoms with Crippen molar-refractivity contribution in [3.05, 3.63) is 0 Å². The maximum absolute atomic E-state index is 12.4. The summed E-state index contributed by atoms with van der Waals surface area (Å²) >= 11 is 0. The van der Waals surface area contributed by atoms with Gasteiger partial charge in [0.2, 0.25) is 11.8 Å². The van der Waals surface area contributed by atoms with Crippen molar-refractivity contribution in [2.75, 3.05) is 19.6 Å². The van der Waals surface area contributed by atoms with Gasteiger partial charge in [-0.1, -0.05) is 13.8 Å². The Kier molecular flexibility index (Phi) is 4.05. The molecule has 0 radical (unpaired) electrons. The van der Waals surface area contributed by atoms with Crippen LogP contribution in [0.25, 0.3) is 0 Å². The molecule has 2 saturated heterocycles. The number of likely N-dealkylation sites (tertiary alicyclic amines) is 1. The number of nitrogens with one attached hydrogen (secondary N) is 1. The van der Waals surface area contributed by atoms with Crippen molar-refractivity contribution in [2.24, 2.45) is 11.3 Å². The maximum atomic E-state index is 12.4. The number of imide groups is 1. The Bertz CT molecular complexity index is 331. The van der Waals surface area contributed by atoms with Crippen molar-refractivity contribution in [2.45, 2.75) is 46.0 Å². The fraction of sp³-hybridized carbons (Fsp3) is 0.857. The van der Waals surface area contributed by atoms with E-state index in [2.05, 4.69) is 5.32 Å². The van der Waals surface area contributed by atoms with Crippen LogP contribution in [0.1, 0.15) is 46.0 Å². The molecule has 1 unspecified atom stereocenters. The molecule has 2 rings (SSSR count). The second-order valence-corrected chi connectivity index (χ2v) is 5.66. The van der Waals surface area contributed by atoms with E-state index in [1.54, 1.807) is 0 Å². The molecule has 18 heavy (non-hydrogen) atoms. The van der Waals surface area contributed by atoms with Crippen molar-refractivity contribution in [3.8, 4) is 0 Å². The quantitative estimate of drug-likeness (QED) is 0.755. The molecule has 1 atom stereocenters. The highest BCUT2D eigenvalue weighted by molar-refractivity contribution is 6.05. The Labute approximate surface area is 109 Å². The molecule has 2 fully saturated rings. The molecule has 0 aromatic heterocycles. The van der Waals surface area contributed by atoms with Crippen molar-refractivity contribution >= 4 is 11.8 Å². The minimum absolute atomic E-state index is 0.0367. The summed E-state index contributed by atoms with van der Waals surface area (Å²) in [6, 6.07) is 0. The summed E-state index contributed by atoms with van der Waals surface area (Å²) in [7, 11) is 0. The van der Waals surface area contributed by atoms with E-state index < -0.39 is 5.41 Å². The van der Waals surface area contributed by atoms with Crippen LogP contribution in [-0.4, -0.2) is 36.3 Å². The molecule has 4 nitrogen and oxygen atoms in total. The van der Waals surface area contributed by atoms with E-state index in [4.69, 9.17) is 0 Å². The molecule has 0 spiro atoms. The van der Waals surface area contributed by atoms with Crippen molar-refractivity contribution in [3.63, 3.8) is 0 Å². The normalized spacial score (nSPS) is 27.2. The zero-order valence-corrected chi connectivity index (χ0v) is 11.5. The smallest absolute Gasteiger partial charge is 0.235 e. The predicted octanol–water partition coefficient (Wildman–Crippen LogP) is 1.55. The third-order valence-corrected chi connectivity index (χ3v) is 4.77. The first-order chi connectivity index (χ1) is 8.63. The third-order valence-electron chi connectivity index (χ3n) is 4.77. The summed E-state index contributed by atoms with van der Waals surface area (Å²) in [6.07, 6.45) is 4.09. The lowest BCUT2D eigenvalue weighted by molar-refractivity contribution is -0.141. The fourth-order valence-electron chi connectivity index (χ4n) is 3.16. The monoisotopic (exact) mass is 252 g/mol. The Morgan fingerprint density at radius 3 is 2.56 bits per heavy atom. The van der Waals surface area contributed by atoms with E-state index in [1.165, 1.54) is 11.3 Å². The average Bonchev–Trinajstić information content (AvgIpc) is 2.96. The van der Waals surface area contributed by atoms with Crippen LogP contribution in [-0.2, 0) is 9.59 Å². The van der Waals surface area contributed by atoms with Gasteiger partial charge in [-0.25, -0.2) is 0 Å². The van der Waals surface area contributed by atoms with Crippen LogP contribution in [0.15, 0.2) is 0 Å². The topological polar surface area (TPSA) is 49.4 Å². The SMILES string of the molecule is CCC1(CC)CC(=O)N(CCC2CCNC2)C1=O. The highest BCUT2D eigenvalue weighted by atomic mass is 16.2. The van der Waals surface area contributed by atoms with Crippen LogP contribution in [0.4, 0.5) is 0 Å². The van der Waals surface area contributed by atoms with E-state index in [1.807, 2.05) is 13.8 Å². The Hall–Kier alpha value is -0.900. The van der Waals surface area contributed by atoms with Gasteiger partial charge < -0.3 is 5.32 Å². The molecule has 2 aliphatic heterocycles. The number of hydrogen-bond acceptors (Lipinski definition) is 3. The van der Waals surface area contributed by atoms with Crippen LogP contribution in [0.5, 0.6) is 0 Å². The molecule has 0 aromatic rings. The highest BCUT2D eigenvalue weighted by Gasteiger charge is 2.48. The van der Waals surface area contributed by atoms with Crippen LogP contribution >= 0.6 is 0 Å². The molecular weight excluding hydrogens is 228 g/mol. The number of rotatable bonds is 5.